The fraction of sp³-hybridized carbons (Fsp3) is 0.917. The third-order valence-electron chi connectivity index (χ3n) is 4.56. The third-order valence-corrected chi connectivity index (χ3v) is 4.56. The Labute approximate surface area is 96.3 Å². The van der Waals surface area contributed by atoms with Gasteiger partial charge in [0.05, 0.1) is 18.3 Å². The van der Waals surface area contributed by atoms with Crippen molar-refractivity contribution in [3.05, 3.63) is 0 Å². The van der Waals surface area contributed by atoms with E-state index in [1.807, 2.05) is 4.90 Å². The van der Waals surface area contributed by atoms with Gasteiger partial charge in [-0.3, -0.25) is 10.1 Å². The number of amides is 1. The Balaban J connectivity index is 1.65. The van der Waals surface area contributed by atoms with Crippen molar-refractivity contribution in [2.45, 2.75) is 56.2 Å². The summed E-state index contributed by atoms with van der Waals surface area (Å²) in [5, 5.41) is 3.45. The second kappa shape index (κ2) is 3.70. The number of methoxy groups -OCH3 is 1. The first kappa shape index (κ1) is 10.5. The predicted molar refractivity (Wildman–Crippen MR) is 59.9 cm³/mol. The SMILES string of the molecule is COC1CC(N2CNC3(CCCC3)C2=O)C1. The molecule has 3 rings (SSSR count). The Hall–Kier alpha value is -0.610. The molecule has 0 atom stereocenters. The van der Waals surface area contributed by atoms with Gasteiger partial charge in [0.15, 0.2) is 0 Å². The zero-order valence-electron chi connectivity index (χ0n) is 9.87. The Bertz CT molecular complexity index is 293. The first-order valence-corrected chi connectivity index (χ1v) is 6.34. The number of hydrogen-bond donors (Lipinski definition) is 1. The molecule has 2 aliphatic carbocycles. The first-order chi connectivity index (χ1) is 7.75. The molecule has 90 valence electrons. The van der Waals surface area contributed by atoms with Gasteiger partial charge < -0.3 is 9.64 Å². The third kappa shape index (κ3) is 1.39. The van der Waals surface area contributed by atoms with Crippen molar-refractivity contribution in [3.63, 3.8) is 0 Å². The van der Waals surface area contributed by atoms with Crippen LogP contribution in [0.5, 0.6) is 0 Å². The molecule has 0 unspecified atom stereocenters. The van der Waals surface area contributed by atoms with E-state index in [4.69, 9.17) is 4.74 Å². The molecule has 1 amide bonds. The van der Waals surface area contributed by atoms with E-state index >= 15 is 0 Å². The highest BCUT2D eigenvalue weighted by Crippen LogP contribution is 2.38. The molecule has 1 saturated heterocycles. The molecule has 0 aromatic rings. The zero-order chi connectivity index (χ0) is 11.2. The molecule has 4 nitrogen and oxygen atoms in total. The van der Waals surface area contributed by atoms with Gasteiger partial charge in [-0.25, -0.2) is 0 Å². The van der Waals surface area contributed by atoms with Gasteiger partial charge >= 0.3 is 0 Å². The summed E-state index contributed by atoms with van der Waals surface area (Å²) in [5.74, 6) is 0.351. The summed E-state index contributed by atoms with van der Waals surface area (Å²) >= 11 is 0. The van der Waals surface area contributed by atoms with Crippen molar-refractivity contribution in [2.75, 3.05) is 13.8 Å². The fourth-order valence-corrected chi connectivity index (χ4v) is 3.31. The lowest BCUT2D eigenvalue weighted by Crippen LogP contribution is -2.51. The smallest absolute Gasteiger partial charge is 0.244 e. The maximum atomic E-state index is 12.4. The predicted octanol–water partition coefficient (Wildman–Crippen LogP) is 0.866. The lowest BCUT2D eigenvalue weighted by atomic mass is 9.87. The Morgan fingerprint density at radius 1 is 1.38 bits per heavy atom. The number of hydrogen-bond acceptors (Lipinski definition) is 3. The van der Waals surface area contributed by atoms with E-state index in [1.165, 1.54) is 12.8 Å². The van der Waals surface area contributed by atoms with Crippen LogP contribution in [0, 0.1) is 0 Å². The second-order valence-electron chi connectivity index (χ2n) is 5.38. The number of ether oxygens (including phenoxy) is 1. The summed E-state index contributed by atoms with van der Waals surface area (Å²) in [5.41, 5.74) is -0.182. The van der Waals surface area contributed by atoms with E-state index in [9.17, 15) is 4.79 Å². The summed E-state index contributed by atoms with van der Waals surface area (Å²) < 4.78 is 5.27. The summed E-state index contributed by atoms with van der Waals surface area (Å²) in [6.45, 7) is 0.750. The molecule has 0 bridgehead atoms. The van der Waals surface area contributed by atoms with Crippen LogP contribution in [0.1, 0.15) is 38.5 Å². The van der Waals surface area contributed by atoms with Crippen LogP contribution >= 0.6 is 0 Å². The first-order valence-electron chi connectivity index (χ1n) is 6.34. The molecule has 0 radical (unpaired) electrons. The normalized spacial score (nSPS) is 37.1. The Morgan fingerprint density at radius 3 is 2.69 bits per heavy atom. The molecular weight excluding hydrogens is 204 g/mol. The highest BCUT2D eigenvalue weighted by Gasteiger charge is 2.51. The highest BCUT2D eigenvalue weighted by molar-refractivity contribution is 5.89. The summed E-state index contributed by atoms with van der Waals surface area (Å²) in [4.78, 5) is 14.4. The van der Waals surface area contributed by atoms with Crippen molar-refractivity contribution in [1.29, 1.82) is 0 Å². The zero-order valence-corrected chi connectivity index (χ0v) is 9.87. The number of carbonyl (C=O) groups excluding carboxylic acids is 1. The maximum Gasteiger partial charge on any atom is 0.244 e. The van der Waals surface area contributed by atoms with Gasteiger partial charge in [-0.05, 0) is 25.7 Å². The molecule has 16 heavy (non-hydrogen) atoms. The maximum absolute atomic E-state index is 12.4. The standard InChI is InChI=1S/C12H20N2O2/c1-16-10-6-9(7-10)14-8-13-12(11(14)15)4-2-3-5-12/h9-10,13H,2-8H2,1H3. The monoisotopic (exact) mass is 224 g/mol. The van der Waals surface area contributed by atoms with Crippen molar-refractivity contribution < 1.29 is 9.53 Å². The van der Waals surface area contributed by atoms with Gasteiger partial charge in [-0.2, -0.15) is 0 Å². The minimum absolute atomic E-state index is 0.182. The molecule has 0 aromatic carbocycles. The fourth-order valence-electron chi connectivity index (χ4n) is 3.31. The number of nitrogens with one attached hydrogen (secondary N) is 1. The van der Waals surface area contributed by atoms with Crippen molar-refractivity contribution in [3.8, 4) is 0 Å². The van der Waals surface area contributed by atoms with E-state index in [2.05, 4.69) is 5.32 Å². The average molecular weight is 224 g/mol. The molecule has 3 fully saturated rings. The summed E-state index contributed by atoms with van der Waals surface area (Å²) in [7, 11) is 1.75. The van der Waals surface area contributed by atoms with E-state index < -0.39 is 0 Å². The number of rotatable bonds is 2. The average Bonchev–Trinajstić information content (AvgIpc) is 2.80. The topological polar surface area (TPSA) is 41.6 Å². The van der Waals surface area contributed by atoms with Crippen molar-refractivity contribution >= 4 is 5.91 Å². The van der Waals surface area contributed by atoms with Crippen LogP contribution < -0.4 is 5.32 Å². The van der Waals surface area contributed by atoms with E-state index in [0.717, 1.165) is 32.4 Å². The molecule has 1 heterocycles. The largest absolute Gasteiger partial charge is 0.381 e. The van der Waals surface area contributed by atoms with Crippen molar-refractivity contribution in [1.82, 2.24) is 10.2 Å². The lowest BCUT2D eigenvalue weighted by Gasteiger charge is -2.40. The molecule has 1 N–H and O–H groups in total. The van der Waals surface area contributed by atoms with Crippen molar-refractivity contribution in [2.24, 2.45) is 0 Å². The van der Waals surface area contributed by atoms with Crippen LogP contribution in [0.2, 0.25) is 0 Å². The van der Waals surface area contributed by atoms with E-state index in [1.54, 1.807) is 7.11 Å². The second-order valence-corrected chi connectivity index (χ2v) is 5.38. The van der Waals surface area contributed by atoms with Gasteiger partial charge in [0, 0.05) is 13.2 Å². The van der Waals surface area contributed by atoms with E-state index in [0.29, 0.717) is 18.1 Å². The van der Waals surface area contributed by atoms with Gasteiger partial charge in [-0.15, -0.1) is 0 Å². The van der Waals surface area contributed by atoms with Crippen LogP contribution in [0.15, 0.2) is 0 Å². The van der Waals surface area contributed by atoms with Gasteiger partial charge in [0.2, 0.25) is 5.91 Å². The summed E-state index contributed by atoms with van der Waals surface area (Å²) in [6, 6.07) is 0.421. The van der Waals surface area contributed by atoms with Gasteiger partial charge in [0.25, 0.3) is 0 Å². The van der Waals surface area contributed by atoms with Crippen LogP contribution in [-0.4, -0.2) is 42.3 Å². The summed E-state index contributed by atoms with van der Waals surface area (Å²) in [6.07, 6.45) is 6.85. The molecule has 1 spiro atoms. The molecule has 4 heteroatoms. The molecule has 1 aliphatic heterocycles. The van der Waals surface area contributed by atoms with Crippen LogP contribution in [0.3, 0.4) is 0 Å². The van der Waals surface area contributed by atoms with E-state index in [-0.39, 0.29) is 5.54 Å². The molecule has 2 saturated carbocycles. The number of nitrogens with zero attached hydrogens (tertiary/aromatic N) is 1. The number of carbonyl (C=O) groups is 1. The molecule has 0 aromatic heterocycles. The molecular formula is C12H20N2O2. The van der Waals surface area contributed by atoms with Crippen LogP contribution in [0.4, 0.5) is 0 Å². The quantitative estimate of drug-likeness (QED) is 0.756. The Morgan fingerprint density at radius 2 is 2.06 bits per heavy atom. The van der Waals surface area contributed by atoms with Crippen LogP contribution in [0.25, 0.3) is 0 Å². The molecule has 3 aliphatic rings. The van der Waals surface area contributed by atoms with Gasteiger partial charge in [0.1, 0.15) is 0 Å². The minimum atomic E-state index is -0.182. The lowest BCUT2D eigenvalue weighted by molar-refractivity contribution is -0.138. The Kier molecular flexibility index (Phi) is 2.44. The van der Waals surface area contributed by atoms with Crippen LogP contribution in [-0.2, 0) is 9.53 Å². The van der Waals surface area contributed by atoms with Gasteiger partial charge in [-0.1, -0.05) is 12.8 Å². The highest BCUT2D eigenvalue weighted by atomic mass is 16.5. The minimum Gasteiger partial charge on any atom is -0.381 e.